The predicted molar refractivity (Wildman–Crippen MR) is 89.7 cm³/mol. The van der Waals surface area contributed by atoms with Gasteiger partial charge in [-0.3, -0.25) is 0 Å². The number of alkyl halides is 3. The van der Waals surface area contributed by atoms with E-state index in [1.807, 2.05) is 6.92 Å². The van der Waals surface area contributed by atoms with Crippen molar-refractivity contribution in [1.82, 2.24) is 0 Å². The monoisotopic (exact) mass is 360 g/mol. The van der Waals surface area contributed by atoms with Gasteiger partial charge in [0.15, 0.2) is 0 Å². The minimum absolute atomic E-state index is 0.158. The summed E-state index contributed by atoms with van der Waals surface area (Å²) in [6, 6.07) is 6.21. The van der Waals surface area contributed by atoms with Crippen LogP contribution in [0.5, 0.6) is 0 Å². The van der Waals surface area contributed by atoms with Crippen molar-refractivity contribution in [3.05, 3.63) is 52.6 Å². The molecule has 0 radical (unpaired) electrons. The number of ether oxygens (including phenoxy) is 1. The number of hydrogen-bond acceptors (Lipinski definition) is 2. The maximum absolute atomic E-state index is 13.6. The van der Waals surface area contributed by atoms with Gasteiger partial charge in [-0.1, -0.05) is 43.7 Å². The van der Waals surface area contributed by atoms with Gasteiger partial charge in [0.25, 0.3) is 0 Å². The van der Waals surface area contributed by atoms with Gasteiger partial charge in [-0.25, -0.2) is 4.79 Å². The van der Waals surface area contributed by atoms with Gasteiger partial charge in [-0.2, -0.15) is 13.2 Å². The lowest BCUT2D eigenvalue weighted by Gasteiger charge is -2.19. The zero-order valence-corrected chi connectivity index (χ0v) is 14.4. The van der Waals surface area contributed by atoms with Crippen molar-refractivity contribution < 1.29 is 22.7 Å². The molecule has 0 atom stereocenters. The molecule has 24 heavy (non-hydrogen) atoms. The summed E-state index contributed by atoms with van der Waals surface area (Å²) in [5, 5.41) is 0.445. The van der Waals surface area contributed by atoms with Crippen LogP contribution in [0.2, 0.25) is 5.02 Å². The highest BCUT2D eigenvalue weighted by molar-refractivity contribution is 6.30. The molecule has 1 aromatic rings. The zero-order chi connectivity index (χ0) is 18.3. The summed E-state index contributed by atoms with van der Waals surface area (Å²) in [5.41, 5.74) is -0.398. The second-order valence-corrected chi connectivity index (χ2v) is 5.77. The Hall–Kier alpha value is -1.75. The number of halogens is 4. The van der Waals surface area contributed by atoms with Crippen LogP contribution in [-0.4, -0.2) is 19.3 Å². The average molecular weight is 361 g/mol. The van der Waals surface area contributed by atoms with Crippen molar-refractivity contribution in [3.8, 4) is 0 Å². The Morgan fingerprint density at radius 3 is 2.29 bits per heavy atom. The number of carbonyl (C=O) groups is 1. The van der Waals surface area contributed by atoms with Gasteiger partial charge in [0.05, 0.1) is 7.11 Å². The topological polar surface area (TPSA) is 26.3 Å². The van der Waals surface area contributed by atoms with Gasteiger partial charge in [-0.05, 0) is 36.1 Å². The van der Waals surface area contributed by atoms with Crippen molar-refractivity contribution >= 4 is 23.1 Å². The predicted octanol–water partition coefficient (Wildman–Crippen LogP) is 5.97. The normalized spacial score (nSPS) is 12.6. The summed E-state index contributed by atoms with van der Waals surface area (Å²) in [7, 11) is 1.11. The maximum atomic E-state index is 13.6. The Balaban J connectivity index is 3.40. The molecule has 0 fully saturated rings. The summed E-state index contributed by atoms with van der Waals surface area (Å²) in [4.78, 5) is 11.5. The van der Waals surface area contributed by atoms with Crippen LogP contribution < -0.4 is 0 Å². The van der Waals surface area contributed by atoms with Gasteiger partial charge in [-0.15, -0.1) is 0 Å². The van der Waals surface area contributed by atoms with E-state index in [-0.39, 0.29) is 17.6 Å². The molecule has 0 spiro atoms. The van der Waals surface area contributed by atoms with E-state index >= 15 is 0 Å². The largest absolute Gasteiger partial charge is 0.466 e. The minimum Gasteiger partial charge on any atom is -0.466 e. The molecule has 6 heteroatoms. The van der Waals surface area contributed by atoms with Gasteiger partial charge in [0, 0.05) is 22.6 Å². The van der Waals surface area contributed by atoms with Gasteiger partial charge in [0.2, 0.25) is 0 Å². The van der Waals surface area contributed by atoms with Crippen LogP contribution in [0.3, 0.4) is 0 Å². The number of unbranched alkanes of at least 4 members (excludes halogenated alkanes) is 1. The Kier molecular flexibility index (Phi) is 7.55. The van der Waals surface area contributed by atoms with Crippen molar-refractivity contribution in [2.45, 2.75) is 38.8 Å². The Morgan fingerprint density at radius 2 is 1.83 bits per heavy atom. The van der Waals surface area contributed by atoms with Crippen LogP contribution >= 0.6 is 11.6 Å². The molecule has 0 N–H and O–H groups in total. The van der Waals surface area contributed by atoms with Gasteiger partial charge >= 0.3 is 12.1 Å². The molecule has 0 aliphatic carbocycles. The lowest BCUT2D eigenvalue weighted by Crippen LogP contribution is -2.17. The molecule has 0 saturated heterocycles. The number of rotatable bonds is 7. The van der Waals surface area contributed by atoms with E-state index in [4.69, 9.17) is 11.6 Å². The van der Waals surface area contributed by atoms with Crippen molar-refractivity contribution in [2.24, 2.45) is 0 Å². The molecule has 0 saturated carbocycles. The molecule has 1 rings (SSSR count). The second kappa shape index (κ2) is 8.92. The average Bonchev–Trinajstić information content (AvgIpc) is 2.53. The van der Waals surface area contributed by atoms with Gasteiger partial charge in [0.1, 0.15) is 0 Å². The molecule has 0 unspecified atom stereocenters. The molecule has 2 nitrogen and oxygen atoms in total. The first-order valence-corrected chi connectivity index (χ1v) is 7.89. The molecule has 0 aliphatic heterocycles. The van der Waals surface area contributed by atoms with Gasteiger partial charge < -0.3 is 4.74 Å². The van der Waals surface area contributed by atoms with Crippen molar-refractivity contribution in [1.29, 1.82) is 0 Å². The van der Waals surface area contributed by atoms with E-state index in [1.54, 1.807) is 24.3 Å². The maximum Gasteiger partial charge on any atom is 0.413 e. The third-order valence-electron chi connectivity index (χ3n) is 3.54. The van der Waals surface area contributed by atoms with Crippen molar-refractivity contribution in [3.63, 3.8) is 0 Å². The van der Waals surface area contributed by atoms with E-state index in [0.717, 1.165) is 13.5 Å². The fraction of sp³-hybridized carbons (Fsp3) is 0.389. The molecule has 0 aliphatic rings. The Morgan fingerprint density at radius 1 is 1.25 bits per heavy atom. The standard InChI is InChI=1S/C18H20ClF3O2/c1-4-5-6-15(13-7-9-14(19)10-8-13)16(18(20,21)22)11-12(2)17(23)24-3/h7-10H,2,4-6,11H2,1,3H3/b16-15-. The third kappa shape index (κ3) is 5.71. The van der Waals surface area contributed by atoms with Crippen LogP contribution in [0.15, 0.2) is 42.0 Å². The summed E-state index contributed by atoms with van der Waals surface area (Å²) in [5.74, 6) is -0.845. The summed E-state index contributed by atoms with van der Waals surface area (Å²) in [6.07, 6.45) is -3.57. The lowest BCUT2D eigenvalue weighted by molar-refractivity contribution is -0.136. The SMILES string of the molecule is C=C(C/C(=C(\CCCC)c1ccc(Cl)cc1)C(F)(F)F)C(=O)OC. The van der Waals surface area contributed by atoms with Crippen LogP contribution in [0.1, 0.15) is 38.2 Å². The van der Waals surface area contributed by atoms with Crippen LogP contribution in [0.25, 0.3) is 5.57 Å². The summed E-state index contributed by atoms with van der Waals surface area (Å²) in [6.45, 7) is 5.32. The molecule has 0 amide bonds. The highest BCUT2D eigenvalue weighted by Crippen LogP contribution is 2.39. The first-order chi connectivity index (χ1) is 11.2. The highest BCUT2D eigenvalue weighted by Gasteiger charge is 2.37. The molecular weight excluding hydrogens is 341 g/mol. The lowest BCUT2D eigenvalue weighted by atomic mass is 9.91. The van der Waals surface area contributed by atoms with E-state index in [0.29, 0.717) is 17.0 Å². The van der Waals surface area contributed by atoms with E-state index in [9.17, 15) is 18.0 Å². The first kappa shape index (κ1) is 20.3. The summed E-state index contributed by atoms with van der Waals surface area (Å²) >= 11 is 5.82. The van der Waals surface area contributed by atoms with Crippen LogP contribution in [0.4, 0.5) is 13.2 Å². The molecule has 132 valence electrons. The molecule has 0 aromatic heterocycles. The quantitative estimate of drug-likeness (QED) is 0.442. The van der Waals surface area contributed by atoms with E-state index < -0.39 is 24.1 Å². The number of allylic oxidation sites excluding steroid dienone is 2. The second-order valence-electron chi connectivity index (χ2n) is 5.34. The van der Waals surface area contributed by atoms with E-state index in [2.05, 4.69) is 11.3 Å². The number of benzene rings is 1. The molecule has 0 bridgehead atoms. The van der Waals surface area contributed by atoms with E-state index in [1.165, 1.54) is 0 Å². The number of carbonyl (C=O) groups excluding carboxylic acids is 1. The molecule has 1 aromatic carbocycles. The fourth-order valence-electron chi connectivity index (χ4n) is 2.28. The Bertz CT molecular complexity index is 616. The summed E-state index contributed by atoms with van der Waals surface area (Å²) < 4.78 is 45.3. The van der Waals surface area contributed by atoms with Crippen LogP contribution in [-0.2, 0) is 9.53 Å². The zero-order valence-electron chi connectivity index (χ0n) is 13.7. The Labute approximate surface area is 145 Å². The van der Waals surface area contributed by atoms with Crippen LogP contribution in [0, 0.1) is 0 Å². The fourth-order valence-corrected chi connectivity index (χ4v) is 2.41. The van der Waals surface area contributed by atoms with Crippen molar-refractivity contribution in [2.75, 3.05) is 7.11 Å². The number of esters is 1. The highest BCUT2D eigenvalue weighted by atomic mass is 35.5. The number of methoxy groups -OCH3 is 1. The molecular formula is C18H20ClF3O2. The third-order valence-corrected chi connectivity index (χ3v) is 3.80. The first-order valence-electron chi connectivity index (χ1n) is 7.52. The smallest absolute Gasteiger partial charge is 0.413 e. The number of hydrogen-bond donors (Lipinski definition) is 0. The molecule has 0 heterocycles. The minimum atomic E-state index is -4.57.